The van der Waals surface area contributed by atoms with Crippen molar-refractivity contribution in [2.45, 2.75) is 24.9 Å². The van der Waals surface area contributed by atoms with Gasteiger partial charge in [0.25, 0.3) is 0 Å². The van der Waals surface area contributed by atoms with Crippen LogP contribution in [0.5, 0.6) is 5.75 Å². The SMILES string of the molecule is CNC1c2cc(OC)ccc2CCC1N(C)CCN(C)C. The van der Waals surface area contributed by atoms with Crippen LogP contribution in [0, 0.1) is 0 Å². The van der Waals surface area contributed by atoms with E-state index in [2.05, 4.69) is 61.5 Å². The number of ether oxygens (including phenoxy) is 1. The van der Waals surface area contributed by atoms with E-state index in [1.54, 1.807) is 7.11 Å². The number of methoxy groups -OCH3 is 1. The summed E-state index contributed by atoms with van der Waals surface area (Å²) < 4.78 is 5.40. The van der Waals surface area contributed by atoms with Crippen LogP contribution in [0.15, 0.2) is 18.2 Å². The number of fused-ring (bicyclic) bond motifs is 1. The Balaban J connectivity index is 2.18. The number of likely N-dealkylation sites (N-methyl/N-ethyl adjacent to an activating group) is 3. The fourth-order valence-electron chi connectivity index (χ4n) is 3.24. The van der Waals surface area contributed by atoms with Gasteiger partial charge in [0.15, 0.2) is 0 Å². The molecule has 0 heterocycles. The molecule has 0 aliphatic heterocycles. The van der Waals surface area contributed by atoms with Gasteiger partial charge in [-0.2, -0.15) is 0 Å². The quantitative estimate of drug-likeness (QED) is 0.864. The minimum Gasteiger partial charge on any atom is -0.497 e. The van der Waals surface area contributed by atoms with Crippen molar-refractivity contribution in [2.75, 3.05) is 48.4 Å². The van der Waals surface area contributed by atoms with Gasteiger partial charge in [-0.25, -0.2) is 0 Å². The summed E-state index contributed by atoms with van der Waals surface area (Å²) in [6, 6.07) is 7.39. The van der Waals surface area contributed by atoms with Crippen LogP contribution >= 0.6 is 0 Å². The molecule has 4 heteroatoms. The highest BCUT2D eigenvalue weighted by Gasteiger charge is 2.31. The van der Waals surface area contributed by atoms with Crippen molar-refractivity contribution >= 4 is 0 Å². The topological polar surface area (TPSA) is 27.7 Å². The Hall–Kier alpha value is -1.10. The van der Waals surface area contributed by atoms with Crippen molar-refractivity contribution < 1.29 is 4.74 Å². The standard InChI is InChI=1S/C17H29N3O/c1-18-17-15-12-14(21-5)8-6-13(15)7-9-16(17)20(4)11-10-19(2)3/h6,8,12,16-18H,7,9-11H2,1-5H3. The van der Waals surface area contributed by atoms with Crippen molar-refractivity contribution in [1.29, 1.82) is 0 Å². The summed E-state index contributed by atoms with van der Waals surface area (Å²) in [6.45, 7) is 2.18. The van der Waals surface area contributed by atoms with Gasteiger partial charge in [0, 0.05) is 25.2 Å². The highest BCUT2D eigenvalue weighted by molar-refractivity contribution is 5.40. The van der Waals surface area contributed by atoms with Crippen LogP contribution in [-0.2, 0) is 6.42 Å². The molecular weight excluding hydrogens is 262 g/mol. The maximum atomic E-state index is 5.40. The van der Waals surface area contributed by atoms with E-state index in [1.807, 2.05) is 0 Å². The largest absolute Gasteiger partial charge is 0.497 e. The second kappa shape index (κ2) is 7.25. The predicted molar refractivity (Wildman–Crippen MR) is 88.1 cm³/mol. The molecule has 21 heavy (non-hydrogen) atoms. The molecule has 1 aromatic carbocycles. The first-order valence-electron chi connectivity index (χ1n) is 7.76. The van der Waals surface area contributed by atoms with Gasteiger partial charge in [0.1, 0.15) is 5.75 Å². The number of nitrogens with zero attached hydrogens (tertiary/aromatic N) is 2. The Kier molecular flexibility index (Phi) is 5.62. The number of nitrogens with one attached hydrogen (secondary N) is 1. The second-order valence-electron chi connectivity index (χ2n) is 6.22. The summed E-state index contributed by atoms with van der Waals surface area (Å²) >= 11 is 0. The first-order valence-corrected chi connectivity index (χ1v) is 7.76. The van der Waals surface area contributed by atoms with E-state index in [0.29, 0.717) is 12.1 Å². The van der Waals surface area contributed by atoms with Crippen molar-refractivity contribution in [3.05, 3.63) is 29.3 Å². The molecule has 1 aliphatic rings. The van der Waals surface area contributed by atoms with E-state index in [0.717, 1.165) is 25.3 Å². The fraction of sp³-hybridized carbons (Fsp3) is 0.647. The molecule has 2 rings (SSSR count). The molecule has 1 N–H and O–H groups in total. The zero-order chi connectivity index (χ0) is 15.4. The molecule has 0 fully saturated rings. The van der Waals surface area contributed by atoms with Crippen LogP contribution in [-0.4, -0.2) is 64.2 Å². The smallest absolute Gasteiger partial charge is 0.119 e. The van der Waals surface area contributed by atoms with Gasteiger partial charge in [0.05, 0.1) is 7.11 Å². The predicted octanol–water partition coefficient (Wildman–Crippen LogP) is 1.76. The molecule has 4 nitrogen and oxygen atoms in total. The van der Waals surface area contributed by atoms with Crippen LogP contribution < -0.4 is 10.1 Å². The van der Waals surface area contributed by atoms with Gasteiger partial charge in [0.2, 0.25) is 0 Å². The Morgan fingerprint density at radius 2 is 2.00 bits per heavy atom. The van der Waals surface area contributed by atoms with Crippen molar-refractivity contribution in [2.24, 2.45) is 0 Å². The molecule has 0 saturated carbocycles. The average Bonchev–Trinajstić information content (AvgIpc) is 2.50. The molecule has 0 radical (unpaired) electrons. The van der Waals surface area contributed by atoms with Crippen LogP contribution in [0.2, 0.25) is 0 Å². The molecule has 0 saturated heterocycles. The fourth-order valence-corrected chi connectivity index (χ4v) is 3.24. The zero-order valence-corrected chi connectivity index (χ0v) is 14.0. The van der Waals surface area contributed by atoms with Gasteiger partial charge in [-0.1, -0.05) is 6.07 Å². The molecule has 2 atom stereocenters. The average molecular weight is 291 g/mol. The third-order valence-electron chi connectivity index (χ3n) is 4.56. The lowest BCUT2D eigenvalue weighted by Crippen LogP contribution is -2.46. The highest BCUT2D eigenvalue weighted by atomic mass is 16.5. The number of rotatable bonds is 6. The number of benzene rings is 1. The minimum absolute atomic E-state index is 0.371. The molecule has 1 aliphatic carbocycles. The van der Waals surface area contributed by atoms with Crippen LogP contribution in [0.4, 0.5) is 0 Å². The molecule has 1 aromatic rings. The van der Waals surface area contributed by atoms with E-state index in [4.69, 9.17) is 4.74 Å². The highest BCUT2D eigenvalue weighted by Crippen LogP contribution is 2.34. The molecular formula is C17H29N3O. The lowest BCUT2D eigenvalue weighted by Gasteiger charge is -2.39. The van der Waals surface area contributed by atoms with Gasteiger partial charge in [-0.15, -0.1) is 0 Å². The monoisotopic (exact) mass is 291 g/mol. The third kappa shape index (κ3) is 3.76. The normalized spacial score (nSPS) is 21.7. The van der Waals surface area contributed by atoms with Gasteiger partial charge < -0.3 is 19.9 Å². The first-order chi connectivity index (χ1) is 10.1. The van der Waals surface area contributed by atoms with Crippen molar-refractivity contribution in [1.82, 2.24) is 15.1 Å². The Labute approximate surface area is 129 Å². The number of aryl methyl sites for hydroxylation is 1. The van der Waals surface area contributed by atoms with Gasteiger partial charge >= 0.3 is 0 Å². The van der Waals surface area contributed by atoms with Crippen LogP contribution in [0.25, 0.3) is 0 Å². The minimum atomic E-state index is 0.371. The van der Waals surface area contributed by atoms with Crippen molar-refractivity contribution in [3.8, 4) is 5.75 Å². The maximum Gasteiger partial charge on any atom is 0.119 e. The lowest BCUT2D eigenvalue weighted by molar-refractivity contribution is 0.164. The molecule has 0 aromatic heterocycles. The van der Waals surface area contributed by atoms with E-state index in [9.17, 15) is 0 Å². The number of hydrogen-bond donors (Lipinski definition) is 1. The third-order valence-corrected chi connectivity index (χ3v) is 4.56. The Morgan fingerprint density at radius 3 is 2.62 bits per heavy atom. The molecule has 118 valence electrons. The van der Waals surface area contributed by atoms with Gasteiger partial charge in [-0.3, -0.25) is 0 Å². The summed E-state index contributed by atoms with van der Waals surface area (Å²) in [7, 11) is 10.3. The Morgan fingerprint density at radius 1 is 1.24 bits per heavy atom. The van der Waals surface area contributed by atoms with E-state index >= 15 is 0 Å². The van der Waals surface area contributed by atoms with Crippen molar-refractivity contribution in [3.63, 3.8) is 0 Å². The molecule has 0 amide bonds. The molecule has 0 bridgehead atoms. The molecule has 2 unspecified atom stereocenters. The summed E-state index contributed by atoms with van der Waals surface area (Å²) in [6.07, 6.45) is 2.35. The lowest BCUT2D eigenvalue weighted by atomic mass is 9.83. The van der Waals surface area contributed by atoms with E-state index in [1.165, 1.54) is 17.5 Å². The van der Waals surface area contributed by atoms with E-state index in [-0.39, 0.29) is 0 Å². The van der Waals surface area contributed by atoms with Crippen LogP contribution in [0.1, 0.15) is 23.6 Å². The van der Waals surface area contributed by atoms with E-state index < -0.39 is 0 Å². The Bertz CT molecular complexity index is 461. The summed E-state index contributed by atoms with van der Waals surface area (Å²) in [5.74, 6) is 0.950. The molecule has 0 spiro atoms. The summed E-state index contributed by atoms with van der Waals surface area (Å²) in [5.41, 5.74) is 2.84. The zero-order valence-electron chi connectivity index (χ0n) is 14.0. The maximum absolute atomic E-state index is 5.40. The summed E-state index contributed by atoms with van der Waals surface area (Å²) in [5, 5.41) is 3.52. The van der Waals surface area contributed by atoms with Crippen LogP contribution in [0.3, 0.4) is 0 Å². The summed E-state index contributed by atoms with van der Waals surface area (Å²) in [4.78, 5) is 4.73. The van der Waals surface area contributed by atoms with Gasteiger partial charge in [-0.05, 0) is 64.3 Å². The second-order valence-corrected chi connectivity index (χ2v) is 6.22. The first kappa shape index (κ1) is 16.3. The number of hydrogen-bond acceptors (Lipinski definition) is 4.